The molecule has 0 saturated carbocycles. The Hall–Kier alpha value is -0.900. The Balaban J connectivity index is 2.16. The Morgan fingerprint density at radius 3 is 2.94 bits per heavy atom. The molecule has 16 heavy (non-hydrogen) atoms. The lowest BCUT2D eigenvalue weighted by molar-refractivity contribution is 0.168. The van der Waals surface area contributed by atoms with Gasteiger partial charge in [-0.1, -0.05) is 24.3 Å². The van der Waals surface area contributed by atoms with Gasteiger partial charge in [-0.05, 0) is 24.0 Å². The summed E-state index contributed by atoms with van der Waals surface area (Å²) in [6.07, 6.45) is 1.93. The summed E-state index contributed by atoms with van der Waals surface area (Å²) in [6.45, 7) is 2.91. The van der Waals surface area contributed by atoms with Gasteiger partial charge < -0.3 is 10.8 Å². The van der Waals surface area contributed by atoms with Crippen LogP contribution in [0, 0.1) is 0 Å². The number of nitrogens with zero attached hydrogens (tertiary/aromatic N) is 1. The molecule has 0 aliphatic carbocycles. The molecule has 1 heterocycles. The summed E-state index contributed by atoms with van der Waals surface area (Å²) in [4.78, 5) is 2.39. The smallest absolute Gasteiger partial charge is 0.0473 e. The highest BCUT2D eigenvalue weighted by molar-refractivity contribution is 5.32. The van der Waals surface area contributed by atoms with Crippen LogP contribution >= 0.6 is 0 Å². The van der Waals surface area contributed by atoms with E-state index in [2.05, 4.69) is 29.2 Å². The Labute approximate surface area is 96.9 Å². The molecule has 2 rings (SSSR count). The third-order valence-corrected chi connectivity index (χ3v) is 3.35. The summed E-state index contributed by atoms with van der Waals surface area (Å²) < 4.78 is 0. The Morgan fingerprint density at radius 1 is 1.38 bits per heavy atom. The van der Waals surface area contributed by atoms with Gasteiger partial charge in [0.1, 0.15) is 0 Å². The number of hydrogen-bond donors (Lipinski definition) is 2. The highest BCUT2D eigenvalue weighted by Gasteiger charge is 2.25. The molecule has 3 N–H and O–H groups in total. The molecule has 0 radical (unpaired) electrons. The van der Waals surface area contributed by atoms with E-state index in [1.165, 1.54) is 11.1 Å². The molecule has 1 atom stereocenters. The second kappa shape index (κ2) is 5.43. The van der Waals surface area contributed by atoms with Gasteiger partial charge in [0.25, 0.3) is 0 Å². The molecule has 1 aliphatic rings. The van der Waals surface area contributed by atoms with E-state index in [1.54, 1.807) is 0 Å². The number of nitrogens with two attached hydrogens (primary N) is 1. The van der Waals surface area contributed by atoms with E-state index in [1.807, 2.05) is 0 Å². The van der Waals surface area contributed by atoms with Gasteiger partial charge in [-0.15, -0.1) is 0 Å². The molecule has 1 unspecified atom stereocenters. The zero-order chi connectivity index (χ0) is 11.4. The fourth-order valence-electron chi connectivity index (χ4n) is 2.52. The van der Waals surface area contributed by atoms with Crippen LogP contribution in [0.2, 0.25) is 0 Å². The lowest BCUT2D eigenvalue weighted by atomic mass is 9.92. The summed E-state index contributed by atoms with van der Waals surface area (Å²) in [7, 11) is 0. The van der Waals surface area contributed by atoms with Crippen molar-refractivity contribution in [2.45, 2.75) is 18.9 Å². The normalized spacial score (nSPS) is 20.8. The lowest BCUT2D eigenvalue weighted by Gasteiger charge is -2.36. The summed E-state index contributed by atoms with van der Waals surface area (Å²) in [5.41, 5.74) is 8.67. The molecule has 1 aliphatic heterocycles. The fourth-order valence-corrected chi connectivity index (χ4v) is 2.52. The van der Waals surface area contributed by atoms with E-state index in [-0.39, 0.29) is 6.61 Å². The van der Waals surface area contributed by atoms with Crippen molar-refractivity contribution in [2.75, 3.05) is 26.2 Å². The van der Waals surface area contributed by atoms with Crippen molar-refractivity contribution < 1.29 is 5.11 Å². The first-order valence-corrected chi connectivity index (χ1v) is 5.99. The van der Waals surface area contributed by atoms with E-state index in [0.29, 0.717) is 12.6 Å². The van der Waals surface area contributed by atoms with Crippen LogP contribution in [0.4, 0.5) is 0 Å². The number of rotatable bonds is 4. The van der Waals surface area contributed by atoms with Crippen molar-refractivity contribution in [3.63, 3.8) is 0 Å². The number of benzene rings is 1. The molecule has 0 bridgehead atoms. The van der Waals surface area contributed by atoms with Crippen LogP contribution in [0.1, 0.15) is 23.6 Å². The van der Waals surface area contributed by atoms with Crippen LogP contribution in [0.5, 0.6) is 0 Å². The van der Waals surface area contributed by atoms with Crippen molar-refractivity contribution in [3.05, 3.63) is 35.4 Å². The molecule has 1 aromatic rings. The molecular formula is C13H20N2O. The molecule has 3 nitrogen and oxygen atoms in total. The molecule has 3 heteroatoms. The van der Waals surface area contributed by atoms with Gasteiger partial charge in [0.15, 0.2) is 0 Å². The second-order valence-corrected chi connectivity index (χ2v) is 4.31. The van der Waals surface area contributed by atoms with Crippen molar-refractivity contribution >= 4 is 0 Å². The molecule has 0 fully saturated rings. The largest absolute Gasteiger partial charge is 0.396 e. The predicted molar refractivity (Wildman–Crippen MR) is 65.2 cm³/mol. The summed E-state index contributed by atoms with van der Waals surface area (Å²) >= 11 is 0. The third-order valence-electron chi connectivity index (χ3n) is 3.35. The van der Waals surface area contributed by atoms with Crippen molar-refractivity contribution in [1.82, 2.24) is 4.90 Å². The average Bonchev–Trinajstić information content (AvgIpc) is 2.35. The number of fused-ring (bicyclic) bond motifs is 1. The first-order chi connectivity index (χ1) is 7.86. The van der Waals surface area contributed by atoms with Crippen LogP contribution in [-0.2, 0) is 6.42 Å². The van der Waals surface area contributed by atoms with Crippen LogP contribution in [0.25, 0.3) is 0 Å². The quantitative estimate of drug-likeness (QED) is 0.793. The van der Waals surface area contributed by atoms with Gasteiger partial charge >= 0.3 is 0 Å². The highest BCUT2D eigenvalue weighted by Crippen LogP contribution is 2.28. The number of hydrogen-bond acceptors (Lipinski definition) is 3. The van der Waals surface area contributed by atoms with Gasteiger partial charge in [-0.3, -0.25) is 4.90 Å². The summed E-state index contributed by atoms with van der Waals surface area (Å²) in [6, 6.07) is 8.88. The van der Waals surface area contributed by atoms with Crippen LogP contribution < -0.4 is 5.73 Å². The van der Waals surface area contributed by atoms with E-state index in [9.17, 15) is 0 Å². The molecular weight excluding hydrogens is 200 g/mol. The topological polar surface area (TPSA) is 49.5 Å². The van der Waals surface area contributed by atoms with E-state index < -0.39 is 0 Å². The first kappa shape index (κ1) is 11.6. The van der Waals surface area contributed by atoms with Gasteiger partial charge in [-0.2, -0.15) is 0 Å². The summed E-state index contributed by atoms with van der Waals surface area (Å²) in [5, 5.41) is 8.89. The minimum absolute atomic E-state index is 0.259. The molecule has 0 amide bonds. The molecule has 0 saturated heterocycles. The fraction of sp³-hybridized carbons (Fsp3) is 0.538. The van der Waals surface area contributed by atoms with Crippen molar-refractivity contribution in [3.8, 4) is 0 Å². The lowest BCUT2D eigenvalue weighted by Crippen LogP contribution is -2.40. The zero-order valence-electron chi connectivity index (χ0n) is 9.60. The molecule has 1 aromatic carbocycles. The molecule has 88 valence electrons. The first-order valence-electron chi connectivity index (χ1n) is 5.99. The average molecular weight is 220 g/mol. The van der Waals surface area contributed by atoms with E-state index >= 15 is 0 Å². The third kappa shape index (κ3) is 2.26. The van der Waals surface area contributed by atoms with Gasteiger partial charge in [-0.25, -0.2) is 0 Å². The zero-order valence-corrected chi connectivity index (χ0v) is 9.60. The maximum Gasteiger partial charge on any atom is 0.0473 e. The molecule has 0 spiro atoms. The van der Waals surface area contributed by atoms with Gasteiger partial charge in [0.2, 0.25) is 0 Å². The van der Waals surface area contributed by atoms with Gasteiger partial charge in [0, 0.05) is 32.3 Å². The SMILES string of the molecule is NCC1c2ccccc2CCN1CCCO. The predicted octanol–water partition coefficient (Wildman–Crippen LogP) is 0.927. The van der Waals surface area contributed by atoms with Crippen LogP contribution in [-0.4, -0.2) is 36.2 Å². The minimum Gasteiger partial charge on any atom is -0.396 e. The van der Waals surface area contributed by atoms with Crippen molar-refractivity contribution in [2.24, 2.45) is 5.73 Å². The van der Waals surface area contributed by atoms with Gasteiger partial charge in [0.05, 0.1) is 0 Å². The minimum atomic E-state index is 0.259. The number of aliphatic hydroxyl groups excluding tert-OH is 1. The van der Waals surface area contributed by atoms with Crippen LogP contribution in [0.15, 0.2) is 24.3 Å². The van der Waals surface area contributed by atoms with Crippen molar-refractivity contribution in [1.29, 1.82) is 0 Å². The summed E-state index contributed by atoms with van der Waals surface area (Å²) in [5.74, 6) is 0. The van der Waals surface area contributed by atoms with E-state index in [4.69, 9.17) is 10.8 Å². The number of aliphatic hydroxyl groups is 1. The monoisotopic (exact) mass is 220 g/mol. The maximum atomic E-state index is 8.89. The Bertz CT molecular complexity index is 340. The second-order valence-electron chi connectivity index (χ2n) is 4.31. The molecule has 0 aromatic heterocycles. The van der Waals surface area contributed by atoms with Crippen LogP contribution in [0.3, 0.4) is 0 Å². The Kier molecular flexibility index (Phi) is 3.93. The standard InChI is InChI=1S/C13H20N2O/c14-10-13-12-5-2-1-4-11(12)6-8-15(13)7-3-9-16/h1-2,4-5,13,16H,3,6-10,14H2. The maximum absolute atomic E-state index is 8.89. The van der Waals surface area contributed by atoms with E-state index in [0.717, 1.165) is 25.9 Å². The Morgan fingerprint density at radius 2 is 2.19 bits per heavy atom. The highest BCUT2D eigenvalue weighted by atomic mass is 16.3.